The molecule has 1 aromatic heterocycles. The van der Waals surface area contributed by atoms with Gasteiger partial charge in [-0.25, -0.2) is 0 Å². The number of aromatic nitrogens is 1. The highest BCUT2D eigenvalue weighted by atomic mass is 15.0. The smallest absolute Gasteiger partial charge is 0.0487 e. The van der Waals surface area contributed by atoms with Crippen LogP contribution in [0.15, 0.2) is 48.7 Å². The normalized spacial score (nSPS) is 14.6. The first-order chi connectivity index (χ1) is 13.3. The van der Waals surface area contributed by atoms with Gasteiger partial charge in [-0.05, 0) is 73.2 Å². The van der Waals surface area contributed by atoms with Crippen LogP contribution in [0.25, 0.3) is 10.9 Å². The number of hydrogen-bond donors (Lipinski definition) is 2. The molecule has 3 nitrogen and oxygen atoms in total. The lowest BCUT2D eigenvalue weighted by Gasteiger charge is -2.19. The molecule has 0 unspecified atom stereocenters. The Kier molecular flexibility index (Phi) is 6.46. The Balaban J connectivity index is 0.000000320. The molecular weight excluding hydrogens is 342 g/mol. The van der Waals surface area contributed by atoms with Gasteiger partial charge in [-0.15, -0.1) is 0 Å². The molecule has 1 aliphatic heterocycles. The molecule has 0 bridgehead atoms. The molecule has 0 aliphatic carbocycles. The van der Waals surface area contributed by atoms with Crippen molar-refractivity contribution in [3.63, 3.8) is 0 Å². The first-order valence-electron chi connectivity index (χ1n) is 10.5. The van der Waals surface area contributed by atoms with Crippen LogP contribution in [0.3, 0.4) is 0 Å². The highest BCUT2D eigenvalue weighted by Gasteiger charge is 2.13. The molecule has 0 amide bonds. The van der Waals surface area contributed by atoms with Crippen LogP contribution in [-0.4, -0.2) is 17.7 Å². The maximum absolute atomic E-state index is 5.90. The fraction of sp³-hybridized carbons (Fsp3) is 0.440. The van der Waals surface area contributed by atoms with Crippen LogP contribution in [-0.2, 0) is 12.0 Å². The molecular formula is C25H35N3. The van der Waals surface area contributed by atoms with E-state index in [1.54, 1.807) is 0 Å². The average molecular weight is 378 g/mol. The molecule has 0 atom stereocenters. The Hall–Kier alpha value is -2.26. The third-order valence-corrected chi connectivity index (χ3v) is 5.48. The van der Waals surface area contributed by atoms with E-state index in [4.69, 9.17) is 5.73 Å². The van der Waals surface area contributed by atoms with Gasteiger partial charge in [0, 0.05) is 29.3 Å². The molecule has 1 fully saturated rings. The molecule has 1 saturated heterocycles. The van der Waals surface area contributed by atoms with E-state index in [9.17, 15) is 0 Å². The van der Waals surface area contributed by atoms with Crippen molar-refractivity contribution in [3.8, 4) is 0 Å². The van der Waals surface area contributed by atoms with Crippen LogP contribution in [0.5, 0.6) is 0 Å². The molecule has 3 heteroatoms. The Labute approximate surface area is 169 Å². The lowest BCUT2D eigenvalue weighted by atomic mass is 9.87. The third-order valence-electron chi connectivity index (χ3n) is 5.48. The number of anilines is 1. The zero-order valence-electron chi connectivity index (χ0n) is 17.9. The highest BCUT2D eigenvalue weighted by Crippen LogP contribution is 2.25. The minimum Gasteiger partial charge on any atom is -0.399 e. The van der Waals surface area contributed by atoms with E-state index in [1.165, 1.54) is 59.9 Å². The van der Waals surface area contributed by atoms with Gasteiger partial charge in [-0.1, -0.05) is 51.5 Å². The number of nitrogens with one attached hydrogen (secondary N) is 1. The number of fused-ring (bicyclic) bond motifs is 1. The summed E-state index contributed by atoms with van der Waals surface area (Å²) in [5.41, 5.74) is 12.1. The Morgan fingerprint density at radius 2 is 1.64 bits per heavy atom. The first-order valence-corrected chi connectivity index (χ1v) is 10.5. The van der Waals surface area contributed by atoms with Crippen LogP contribution in [0.4, 0.5) is 5.69 Å². The van der Waals surface area contributed by atoms with E-state index in [1.807, 2.05) is 6.07 Å². The van der Waals surface area contributed by atoms with E-state index < -0.39 is 0 Å². The summed E-state index contributed by atoms with van der Waals surface area (Å²) in [5, 5.41) is 4.53. The number of piperidine rings is 1. The van der Waals surface area contributed by atoms with E-state index in [2.05, 4.69) is 80.2 Å². The standard InChI is InChI=1S/C20H24N2.C5H11N/c1-14-12-22(19-10-9-17(21)11-18(14)19)13-15-5-7-16(8-6-15)20(2,3)4;1-2-4-6-5-3-1/h5-12H,13,21H2,1-4H3;6H,1-5H2. The number of aryl methyl sites for hydroxylation is 1. The second kappa shape index (κ2) is 8.83. The molecule has 3 N–H and O–H groups in total. The summed E-state index contributed by atoms with van der Waals surface area (Å²) in [7, 11) is 0. The van der Waals surface area contributed by atoms with Gasteiger partial charge >= 0.3 is 0 Å². The molecule has 0 radical (unpaired) electrons. The van der Waals surface area contributed by atoms with Crippen LogP contribution < -0.4 is 11.1 Å². The van der Waals surface area contributed by atoms with Crippen molar-refractivity contribution in [2.45, 2.75) is 58.9 Å². The fourth-order valence-corrected chi connectivity index (χ4v) is 3.73. The number of hydrogen-bond acceptors (Lipinski definition) is 2. The number of nitrogens with zero attached hydrogens (tertiary/aromatic N) is 1. The molecule has 0 saturated carbocycles. The van der Waals surface area contributed by atoms with Crippen LogP contribution in [0.2, 0.25) is 0 Å². The predicted octanol–water partition coefficient (Wildman–Crippen LogP) is 5.64. The predicted molar refractivity (Wildman–Crippen MR) is 122 cm³/mol. The summed E-state index contributed by atoms with van der Waals surface area (Å²) >= 11 is 0. The topological polar surface area (TPSA) is 43.0 Å². The van der Waals surface area contributed by atoms with Crippen molar-refractivity contribution in [1.82, 2.24) is 9.88 Å². The van der Waals surface area contributed by atoms with E-state index in [-0.39, 0.29) is 5.41 Å². The SMILES string of the molecule is C1CCNCC1.Cc1cn(Cc2ccc(C(C)(C)C)cc2)c2ccc(N)cc12. The number of rotatable bonds is 2. The molecule has 2 heterocycles. The first kappa shape index (κ1) is 20.5. The summed E-state index contributed by atoms with van der Waals surface area (Å²) < 4.78 is 2.30. The van der Waals surface area contributed by atoms with Gasteiger partial charge < -0.3 is 15.6 Å². The largest absolute Gasteiger partial charge is 0.399 e. The summed E-state index contributed by atoms with van der Waals surface area (Å²) in [6.45, 7) is 12.3. The molecule has 2 aromatic carbocycles. The van der Waals surface area contributed by atoms with Crippen LogP contribution in [0, 0.1) is 6.92 Å². The third kappa shape index (κ3) is 5.17. The maximum atomic E-state index is 5.90. The Bertz CT molecular complexity index is 882. The number of nitrogen functional groups attached to an aromatic ring is 1. The van der Waals surface area contributed by atoms with Crippen molar-refractivity contribution in [1.29, 1.82) is 0 Å². The molecule has 4 rings (SSSR count). The van der Waals surface area contributed by atoms with Gasteiger partial charge in [0.25, 0.3) is 0 Å². The van der Waals surface area contributed by atoms with Gasteiger partial charge in [-0.3, -0.25) is 0 Å². The van der Waals surface area contributed by atoms with Crippen LogP contribution in [0.1, 0.15) is 56.7 Å². The van der Waals surface area contributed by atoms with Crippen molar-refractivity contribution in [2.24, 2.45) is 0 Å². The zero-order valence-corrected chi connectivity index (χ0v) is 17.9. The fourth-order valence-electron chi connectivity index (χ4n) is 3.73. The molecule has 28 heavy (non-hydrogen) atoms. The number of benzene rings is 2. The highest BCUT2D eigenvalue weighted by molar-refractivity contribution is 5.86. The minimum absolute atomic E-state index is 0.201. The molecule has 0 spiro atoms. The monoisotopic (exact) mass is 377 g/mol. The van der Waals surface area contributed by atoms with Crippen molar-refractivity contribution >= 4 is 16.6 Å². The van der Waals surface area contributed by atoms with Gasteiger partial charge in [0.1, 0.15) is 0 Å². The maximum Gasteiger partial charge on any atom is 0.0487 e. The van der Waals surface area contributed by atoms with Crippen LogP contribution >= 0.6 is 0 Å². The molecule has 3 aromatic rings. The summed E-state index contributed by atoms with van der Waals surface area (Å²) in [4.78, 5) is 0. The average Bonchev–Trinajstić information content (AvgIpc) is 2.98. The van der Waals surface area contributed by atoms with Gasteiger partial charge in [0.2, 0.25) is 0 Å². The van der Waals surface area contributed by atoms with Crippen molar-refractivity contribution < 1.29 is 0 Å². The van der Waals surface area contributed by atoms with Crippen molar-refractivity contribution in [3.05, 3.63) is 65.4 Å². The Morgan fingerprint density at radius 3 is 2.18 bits per heavy atom. The number of nitrogens with two attached hydrogens (primary N) is 1. The minimum atomic E-state index is 0.201. The lowest BCUT2D eigenvalue weighted by molar-refractivity contribution is 0.520. The van der Waals surface area contributed by atoms with E-state index in [0.717, 1.165) is 12.2 Å². The van der Waals surface area contributed by atoms with E-state index in [0.29, 0.717) is 0 Å². The molecule has 1 aliphatic rings. The van der Waals surface area contributed by atoms with Crippen molar-refractivity contribution in [2.75, 3.05) is 18.8 Å². The van der Waals surface area contributed by atoms with Gasteiger partial charge in [0.05, 0.1) is 0 Å². The van der Waals surface area contributed by atoms with Gasteiger partial charge in [0.15, 0.2) is 0 Å². The Morgan fingerprint density at radius 1 is 0.964 bits per heavy atom. The summed E-state index contributed by atoms with van der Waals surface area (Å²) in [5.74, 6) is 0. The summed E-state index contributed by atoms with van der Waals surface area (Å²) in [6, 6.07) is 15.1. The molecule has 150 valence electrons. The second-order valence-electron chi connectivity index (χ2n) is 8.97. The zero-order chi connectivity index (χ0) is 20.1. The quantitative estimate of drug-likeness (QED) is 0.568. The van der Waals surface area contributed by atoms with E-state index >= 15 is 0 Å². The lowest BCUT2D eigenvalue weighted by Crippen LogP contribution is -2.21. The van der Waals surface area contributed by atoms with Gasteiger partial charge in [-0.2, -0.15) is 0 Å². The second-order valence-corrected chi connectivity index (χ2v) is 8.97. The summed E-state index contributed by atoms with van der Waals surface area (Å²) in [6.07, 6.45) is 6.43.